The molecule has 0 atom stereocenters. The number of amides is 2. The molecule has 128 valence electrons. The molecule has 0 saturated carbocycles. The highest BCUT2D eigenvalue weighted by Gasteiger charge is 2.14. The van der Waals surface area contributed by atoms with Crippen LogP contribution in [0.5, 0.6) is 0 Å². The van der Waals surface area contributed by atoms with E-state index in [-0.39, 0.29) is 5.69 Å². The topological polar surface area (TPSA) is 114 Å². The number of carbonyl (C=O) groups is 2. The molecule has 0 spiro atoms. The smallest absolute Gasteiger partial charge is 0.317 e. The molecule has 0 unspecified atom stereocenters. The number of anilines is 1. The SMILES string of the molecule is Cc1cc(Cl)ccc1NC(=O)C(=O)NN=Cc1cccc([N+](=O)[O-])c1. The molecule has 0 fully saturated rings. The van der Waals surface area contributed by atoms with Gasteiger partial charge in [-0.1, -0.05) is 23.7 Å². The van der Waals surface area contributed by atoms with Crippen LogP contribution in [0.15, 0.2) is 47.6 Å². The molecule has 0 heterocycles. The van der Waals surface area contributed by atoms with Crippen LogP contribution >= 0.6 is 11.6 Å². The predicted octanol–water partition coefficient (Wildman–Crippen LogP) is 2.65. The third kappa shape index (κ3) is 5.11. The van der Waals surface area contributed by atoms with Gasteiger partial charge in [0.1, 0.15) is 0 Å². The molecule has 8 nitrogen and oxygen atoms in total. The van der Waals surface area contributed by atoms with E-state index < -0.39 is 16.7 Å². The minimum atomic E-state index is -0.976. The number of nitrogens with zero attached hydrogens (tertiary/aromatic N) is 2. The largest absolute Gasteiger partial charge is 0.329 e. The number of aryl methyl sites for hydroxylation is 1. The number of hydrogen-bond acceptors (Lipinski definition) is 5. The highest BCUT2D eigenvalue weighted by atomic mass is 35.5. The Bertz CT molecular complexity index is 867. The van der Waals surface area contributed by atoms with Gasteiger partial charge in [0.25, 0.3) is 5.69 Å². The van der Waals surface area contributed by atoms with Crippen molar-refractivity contribution in [3.63, 3.8) is 0 Å². The van der Waals surface area contributed by atoms with Crippen molar-refractivity contribution in [3.8, 4) is 0 Å². The molecule has 2 N–H and O–H groups in total. The number of nitro groups is 1. The van der Waals surface area contributed by atoms with Gasteiger partial charge >= 0.3 is 11.8 Å². The first-order valence-corrected chi connectivity index (χ1v) is 7.39. The molecule has 0 aliphatic heterocycles. The number of non-ortho nitro benzene ring substituents is 1. The minimum Gasteiger partial charge on any atom is -0.317 e. The van der Waals surface area contributed by atoms with Crippen LogP contribution in [0.3, 0.4) is 0 Å². The quantitative estimate of drug-likeness (QED) is 0.377. The van der Waals surface area contributed by atoms with E-state index in [0.717, 1.165) is 0 Å². The first kappa shape index (κ1) is 18.1. The van der Waals surface area contributed by atoms with E-state index in [0.29, 0.717) is 21.8 Å². The van der Waals surface area contributed by atoms with Gasteiger partial charge in [-0.05, 0) is 30.7 Å². The van der Waals surface area contributed by atoms with Crippen LogP contribution in [-0.4, -0.2) is 23.0 Å². The number of rotatable bonds is 4. The van der Waals surface area contributed by atoms with E-state index >= 15 is 0 Å². The van der Waals surface area contributed by atoms with Crippen molar-refractivity contribution in [1.82, 2.24) is 5.43 Å². The summed E-state index contributed by atoms with van der Waals surface area (Å²) >= 11 is 5.82. The van der Waals surface area contributed by atoms with E-state index in [1.54, 1.807) is 31.2 Å². The van der Waals surface area contributed by atoms with Crippen LogP contribution in [0.1, 0.15) is 11.1 Å². The fraction of sp³-hybridized carbons (Fsp3) is 0.0625. The molecule has 2 amide bonds. The molecule has 25 heavy (non-hydrogen) atoms. The number of hydrogen-bond donors (Lipinski definition) is 2. The number of nitrogens with one attached hydrogen (secondary N) is 2. The highest BCUT2D eigenvalue weighted by molar-refractivity contribution is 6.39. The molecule has 2 aromatic rings. The van der Waals surface area contributed by atoms with Crippen molar-refractivity contribution < 1.29 is 14.5 Å². The van der Waals surface area contributed by atoms with Crippen molar-refractivity contribution >= 4 is 41.0 Å². The normalized spacial score (nSPS) is 10.5. The maximum Gasteiger partial charge on any atom is 0.329 e. The van der Waals surface area contributed by atoms with Gasteiger partial charge in [-0.3, -0.25) is 19.7 Å². The molecule has 0 aromatic heterocycles. The summed E-state index contributed by atoms with van der Waals surface area (Å²) in [6.45, 7) is 1.74. The Morgan fingerprint density at radius 1 is 1.20 bits per heavy atom. The predicted molar refractivity (Wildman–Crippen MR) is 93.7 cm³/mol. The first-order valence-electron chi connectivity index (χ1n) is 7.02. The summed E-state index contributed by atoms with van der Waals surface area (Å²) in [7, 11) is 0. The van der Waals surface area contributed by atoms with Gasteiger partial charge in [-0.2, -0.15) is 5.10 Å². The fourth-order valence-electron chi connectivity index (χ4n) is 1.88. The molecular formula is C16H13ClN4O4. The Morgan fingerprint density at radius 2 is 1.96 bits per heavy atom. The zero-order chi connectivity index (χ0) is 18.4. The van der Waals surface area contributed by atoms with E-state index in [1.165, 1.54) is 24.4 Å². The molecule has 0 radical (unpaired) electrons. The van der Waals surface area contributed by atoms with Gasteiger partial charge in [0.2, 0.25) is 0 Å². The minimum absolute atomic E-state index is 0.105. The van der Waals surface area contributed by atoms with E-state index in [1.807, 2.05) is 0 Å². The van der Waals surface area contributed by atoms with Crippen molar-refractivity contribution in [3.05, 3.63) is 68.7 Å². The number of nitro benzene ring substituents is 1. The summed E-state index contributed by atoms with van der Waals surface area (Å²) in [6.07, 6.45) is 1.20. The lowest BCUT2D eigenvalue weighted by molar-refractivity contribution is -0.384. The van der Waals surface area contributed by atoms with E-state index in [2.05, 4.69) is 15.8 Å². The average Bonchev–Trinajstić information content (AvgIpc) is 2.57. The summed E-state index contributed by atoms with van der Waals surface area (Å²) in [5.74, 6) is -1.88. The summed E-state index contributed by atoms with van der Waals surface area (Å²) in [4.78, 5) is 33.7. The molecule has 0 aliphatic carbocycles. The third-order valence-electron chi connectivity index (χ3n) is 3.10. The molecule has 2 rings (SSSR count). The molecule has 9 heteroatoms. The van der Waals surface area contributed by atoms with Gasteiger partial charge < -0.3 is 5.32 Å². The second-order valence-corrected chi connectivity index (χ2v) is 5.40. The fourth-order valence-corrected chi connectivity index (χ4v) is 2.11. The molecule has 2 aromatic carbocycles. The first-order chi connectivity index (χ1) is 11.9. The second-order valence-electron chi connectivity index (χ2n) is 4.96. The Balaban J connectivity index is 1.96. The third-order valence-corrected chi connectivity index (χ3v) is 3.34. The Hall–Kier alpha value is -3.26. The number of carbonyl (C=O) groups excluding carboxylic acids is 2. The Kier molecular flexibility index (Phi) is 5.80. The number of halogens is 1. The summed E-state index contributed by atoms with van der Waals surface area (Å²) < 4.78 is 0. The van der Waals surface area contributed by atoms with Gasteiger partial charge in [0, 0.05) is 28.4 Å². The van der Waals surface area contributed by atoms with Crippen molar-refractivity contribution in [1.29, 1.82) is 0 Å². The Morgan fingerprint density at radius 3 is 2.64 bits per heavy atom. The van der Waals surface area contributed by atoms with Crippen LogP contribution in [0, 0.1) is 17.0 Å². The molecule has 0 bridgehead atoms. The van der Waals surface area contributed by atoms with Crippen LogP contribution in [0.25, 0.3) is 0 Å². The average molecular weight is 361 g/mol. The maximum absolute atomic E-state index is 11.8. The van der Waals surface area contributed by atoms with Gasteiger partial charge in [0.15, 0.2) is 0 Å². The lowest BCUT2D eigenvalue weighted by Gasteiger charge is -2.07. The maximum atomic E-state index is 11.8. The molecular weight excluding hydrogens is 348 g/mol. The highest BCUT2D eigenvalue weighted by Crippen LogP contribution is 2.19. The summed E-state index contributed by atoms with van der Waals surface area (Å²) in [6, 6.07) is 10.5. The van der Waals surface area contributed by atoms with Gasteiger partial charge in [-0.15, -0.1) is 0 Å². The van der Waals surface area contributed by atoms with E-state index in [4.69, 9.17) is 11.6 Å². The summed E-state index contributed by atoms with van der Waals surface area (Å²) in [5, 5.41) is 17.2. The zero-order valence-corrected chi connectivity index (χ0v) is 13.8. The van der Waals surface area contributed by atoms with Crippen molar-refractivity contribution in [2.24, 2.45) is 5.10 Å². The lowest BCUT2D eigenvalue weighted by atomic mass is 10.2. The monoisotopic (exact) mass is 360 g/mol. The van der Waals surface area contributed by atoms with Crippen LogP contribution in [-0.2, 0) is 9.59 Å². The standard InChI is InChI=1S/C16H13ClN4O4/c1-10-7-12(17)5-6-14(10)19-15(22)16(23)20-18-9-11-3-2-4-13(8-11)21(24)25/h2-9H,1H3,(H,19,22)(H,20,23). The van der Waals surface area contributed by atoms with Gasteiger partial charge in [0.05, 0.1) is 11.1 Å². The van der Waals surface area contributed by atoms with Crippen molar-refractivity contribution in [2.45, 2.75) is 6.92 Å². The Labute approximate surface area is 147 Å². The second kappa shape index (κ2) is 8.02. The summed E-state index contributed by atoms with van der Waals surface area (Å²) in [5.41, 5.74) is 3.51. The van der Waals surface area contributed by atoms with Crippen LogP contribution in [0.4, 0.5) is 11.4 Å². The van der Waals surface area contributed by atoms with Crippen LogP contribution < -0.4 is 10.7 Å². The molecule has 0 saturated heterocycles. The van der Waals surface area contributed by atoms with Crippen LogP contribution in [0.2, 0.25) is 5.02 Å². The number of benzene rings is 2. The van der Waals surface area contributed by atoms with Gasteiger partial charge in [-0.25, -0.2) is 5.43 Å². The van der Waals surface area contributed by atoms with E-state index in [9.17, 15) is 19.7 Å². The van der Waals surface area contributed by atoms with Crippen molar-refractivity contribution in [2.75, 3.05) is 5.32 Å². The zero-order valence-electron chi connectivity index (χ0n) is 13.0. The number of hydrazone groups is 1. The molecule has 0 aliphatic rings. The lowest BCUT2D eigenvalue weighted by Crippen LogP contribution is -2.32.